The molecule has 0 aliphatic carbocycles. The number of aryl methyl sites for hydroxylation is 1. The lowest BCUT2D eigenvalue weighted by Gasteiger charge is -2.13. The van der Waals surface area contributed by atoms with Crippen LogP contribution in [0.15, 0.2) is 85.3 Å². The minimum absolute atomic E-state index is 0.340. The van der Waals surface area contributed by atoms with Crippen LogP contribution < -0.4 is 0 Å². The molecule has 33 heavy (non-hydrogen) atoms. The smallest absolute Gasteiger partial charge is 0.161 e. The largest absolute Gasteiger partial charge is 0.239 e. The number of rotatable bonds is 6. The predicted octanol–water partition coefficient (Wildman–Crippen LogP) is 5.93. The van der Waals surface area contributed by atoms with Crippen molar-refractivity contribution >= 4 is 5.52 Å². The SMILES string of the molecule is CC(CCc1ccc(-n2cc(F)cn2)cc1)c1cccc(-c2nn3ccccc3c2C#N)c1. The zero-order valence-corrected chi connectivity index (χ0v) is 18.2. The van der Waals surface area contributed by atoms with Gasteiger partial charge in [-0.25, -0.2) is 13.6 Å². The van der Waals surface area contributed by atoms with E-state index in [0.717, 1.165) is 29.6 Å². The summed E-state index contributed by atoms with van der Waals surface area (Å²) in [5, 5.41) is 18.4. The highest BCUT2D eigenvalue weighted by Crippen LogP contribution is 2.29. The lowest BCUT2D eigenvalue weighted by Crippen LogP contribution is -1.98. The van der Waals surface area contributed by atoms with E-state index in [9.17, 15) is 9.65 Å². The highest BCUT2D eigenvalue weighted by atomic mass is 19.1. The molecular formula is C27H22FN5. The minimum atomic E-state index is -0.347. The molecule has 1 unspecified atom stereocenters. The molecule has 0 aliphatic rings. The Bertz CT molecular complexity index is 1460. The third-order valence-corrected chi connectivity index (χ3v) is 6.00. The summed E-state index contributed by atoms with van der Waals surface area (Å²) in [5.74, 6) is -0.00642. The van der Waals surface area contributed by atoms with Crippen LogP contribution in [0.5, 0.6) is 0 Å². The molecular weight excluding hydrogens is 413 g/mol. The predicted molar refractivity (Wildman–Crippen MR) is 126 cm³/mol. The van der Waals surface area contributed by atoms with Crippen LogP contribution in [0, 0.1) is 17.1 Å². The average molecular weight is 436 g/mol. The van der Waals surface area contributed by atoms with Crippen molar-refractivity contribution in [2.75, 3.05) is 0 Å². The summed E-state index contributed by atoms with van der Waals surface area (Å²) in [6, 6.07) is 24.4. The fourth-order valence-corrected chi connectivity index (χ4v) is 4.11. The fourth-order valence-electron chi connectivity index (χ4n) is 4.11. The number of hydrogen-bond acceptors (Lipinski definition) is 3. The Balaban J connectivity index is 1.32. The molecule has 6 heteroatoms. The Morgan fingerprint density at radius 2 is 1.91 bits per heavy atom. The number of benzene rings is 2. The highest BCUT2D eigenvalue weighted by molar-refractivity contribution is 5.77. The summed E-state index contributed by atoms with van der Waals surface area (Å²) in [5.41, 5.74) is 6.36. The molecule has 0 radical (unpaired) electrons. The monoisotopic (exact) mass is 435 g/mol. The second-order valence-electron chi connectivity index (χ2n) is 8.20. The number of fused-ring (bicyclic) bond motifs is 1. The number of aromatic nitrogens is 4. The van der Waals surface area contributed by atoms with Gasteiger partial charge >= 0.3 is 0 Å². The van der Waals surface area contributed by atoms with Crippen molar-refractivity contribution in [1.82, 2.24) is 19.4 Å². The van der Waals surface area contributed by atoms with Crippen molar-refractivity contribution in [2.24, 2.45) is 0 Å². The number of nitriles is 1. The molecule has 0 fully saturated rings. The number of pyridine rings is 1. The molecule has 0 amide bonds. The molecule has 0 N–H and O–H groups in total. The first-order chi connectivity index (χ1) is 16.1. The van der Waals surface area contributed by atoms with E-state index in [-0.39, 0.29) is 5.82 Å². The van der Waals surface area contributed by atoms with Crippen LogP contribution in [-0.2, 0) is 6.42 Å². The van der Waals surface area contributed by atoms with Gasteiger partial charge in [0.1, 0.15) is 17.3 Å². The van der Waals surface area contributed by atoms with Gasteiger partial charge in [-0.3, -0.25) is 0 Å². The van der Waals surface area contributed by atoms with Crippen LogP contribution in [0.3, 0.4) is 0 Å². The summed E-state index contributed by atoms with van der Waals surface area (Å²) >= 11 is 0. The lowest BCUT2D eigenvalue weighted by molar-refractivity contribution is 0.627. The van der Waals surface area contributed by atoms with Crippen LogP contribution in [0.1, 0.15) is 36.0 Å². The van der Waals surface area contributed by atoms with E-state index >= 15 is 0 Å². The fraction of sp³-hybridized carbons (Fsp3) is 0.148. The summed E-state index contributed by atoms with van der Waals surface area (Å²) in [6.45, 7) is 2.22. The van der Waals surface area contributed by atoms with E-state index in [1.807, 2.05) is 48.7 Å². The van der Waals surface area contributed by atoms with Gasteiger partial charge in [0.05, 0.1) is 23.6 Å². The van der Waals surface area contributed by atoms with Crippen LogP contribution in [0.2, 0.25) is 0 Å². The van der Waals surface area contributed by atoms with Crippen LogP contribution in [0.25, 0.3) is 22.5 Å². The van der Waals surface area contributed by atoms with Gasteiger partial charge < -0.3 is 0 Å². The van der Waals surface area contributed by atoms with Crippen LogP contribution >= 0.6 is 0 Å². The van der Waals surface area contributed by atoms with E-state index < -0.39 is 0 Å². The molecule has 5 nitrogen and oxygen atoms in total. The molecule has 1 atom stereocenters. The van der Waals surface area contributed by atoms with Gasteiger partial charge in [-0.2, -0.15) is 15.5 Å². The maximum atomic E-state index is 13.2. The Kier molecular flexibility index (Phi) is 5.45. The molecule has 2 aromatic carbocycles. The van der Waals surface area contributed by atoms with Gasteiger partial charge in [0.2, 0.25) is 0 Å². The van der Waals surface area contributed by atoms with E-state index in [0.29, 0.717) is 17.2 Å². The summed E-state index contributed by atoms with van der Waals surface area (Å²) in [6.07, 6.45) is 6.34. The Morgan fingerprint density at radius 3 is 2.67 bits per heavy atom. The molecule has 0 bridgehead atoms. The standard InChI is InChI=1S/C27H22FN5/c1-19(8-9-20-10-12-24(13-11-20)33-18-23(28)17-30-33)21-5-4-6-22(15-21)27-25(16-29)26-7-2-3-14-32(26)31-27/h2-7,10-15,17-19H,8-9H2,1H3. The maximum Gasteiger partial charge on any atom is 0.161 e. The van der Waals surface area contributed by atoms with Gasteiger partial charge in [-0.15, -0.1) is 0 Å². The Hall–Kier alpha value is -4.24. The van der Waals surface area contributed by atoms with Crippen molar-refractivity contribution in [1.29, 1.82) is 5.26 Å². The summed E-state index contributed by atoms with van der Waals surface area (Å²) < 4.78 is 16.5. The average Bonchev–Trinajstić information content (AvgIpc) is 3.46. The number of hydrogen-bond donors (Lipinski definition) is 0. The van der Waals surface area contributed by atoms with Crippen molar-refractivity contribution in [3.05, 3.63) is 108 Å². The van der Waals surface area contributed by atoms with Gasteiger partial charge in [0.25, 0.3) is 0 Å². The highest BCUT2D eigenvalue weighted by Gasteiger charge is 2.15. The molecule has 5 aromatic rings. The number of halogens is 1. The maximum absolute atomic E-state index is 13.2. The minimum Gasteiger partial charge on any atom is -0.239 e. The van der Waals surface area contributed by atoms with Crippen LogP contribution in [-0.4, -0.2) is 19.4 Å². The lowest BCUT2D eigenvalue weighted by atomic mass is 9.92. The van der Waals surface area contributed by atoms with Gasteiger partial charge in [-0.1, -0.05) is 43.3 Å². The summed E-state index contributed by atoms with van der Waals surface area (Å²) in [4.78, 5) is 0. The van der Waals surface area contributed by atoms with Gasteiger partial charge in [0.15, 0.2) is 5.82 Å². The van der Waals surface area contributed by atoms with Crippen LogP contribution in [0.4, 0.5) is 4.39 Å². The molecule has 0 saturated carbocycles. The molecule has 3 heterocycles. The summed E-state index contributed by atoms with van der Waals surface area (Å²) in [7, 11) is 0. The van der Waals surface area contributed by atoms with Crippen molar-refractivity contribution < 1.29 is 4.39 Å². The zero-order chi connectivity index (χ0) is 22.8. The van der Waals surface area contributed by atoms with E-state index in [1.54, 1.807) is 4.52 Å². The molecule has 3 aromatic heterocycles. The molecule has 0 saturated heterocycles. The normalized spacial score (nSPS) is 12.0. The van der Waals surface area contributed by atoms with E-state index in [2.05, 4.69) is 47.5 Å². The first-order valence-electron chi connectivity index (χ1n) is 10.9. The Labute approximate surface area is 191 Å². The quantitative estimate of drug-likeness (QED) is 0.332. The first kappa shape index (κ1) is 20.7. The van der Waals surface area contributed by atoms with Gasteiger partial charge in [-0.05, 0) is 60.2 Å². The first-order valence-corrected chi connectivity index (χ1v) is 10.9. The van der Waals surface area contributed by atoms with E-state index in [1.165, 1.54) is 28.2 Å². The second-order valence-corrected chi connectivity index (χ2v) is 8.20. The van der Waals surface area contributed by atoms with E-state index in [4.69, 9.17) is 0 Å². The Morgan fingerprint density at radius 1 is 1.06 bits per heavy atom. The second kappa shape index (κ2) is 8.71. The van der Waals surface area contributed by atoms with Crippen molar-refractivity contribution in [2.45, 2.75) is 25.7 Å². The molecule has 0 spiro atoms. The van der Waals surface area contributed by atoms with Gasteiger partial charge in [0, 0.05) is 11.8 Å². The molecule has 5 rings (SSSR count). The van der Waals surface area contributed by atoms with Crippen molar-refractivity contribution in [3.63, 3.8) is 0 Å². The third kappa shape index (κ3) is 4.13. The van der Waals surface area contributed by atoms with Crippen molar-refractivity contribution in [3.8, 4) is 23.0 Å². The molecule has 0 aliphatic heterocycles. The number of nitrogens with zero attached hydrogens (tertiary/aromatic N) is 5. The third-order valence-electron chi connectivity index (χ3n) is 6.00. The zero-order valence-electron chi connectivity index (χ0n) is 18.2. The molecule has 162 valence electrons. The topological polar surface area (TPSA) is 58.9 Å².